The van der Waals surface area contributed by atoms with Gasteiger partial charge in [-0.05, 0) is 19.8 Å². The van der Waals surface area contributed by atoms with E-state index in [9.17, 15) is 4.79 Å². The molecule has 0 saturated carbocycles. The molecule has 1 spiro atoms. The van der Waals surface area contributed by atoms with E-state index in [1.54, 1.807) is 0 Å². The number of nitrogens with zero attached hydrogens (tertiary/aromatic N) is 4. The molecule has 0 atom stereocenters. The van der Waals surface area contributed by atoms with Gasteiger partial charge in [0.25, 0.3) is 0 Å². The van der Waals surface area contributed by atoms with Crippen molar-refractivity contribution in [3.8, 4) is 0 Å². The van der Waals surface area contributed by atoms with Gasteiger partial charge in [0, 0.05) is 39.1 Å². The average Bonchev–Trinajstić information content (AvgIpc) is 2.97. The van der Waals surface area contributed by atoms with Crippen molar-refractivity contribution in [2.24, 2.45) is 7.05 Å². The molecule has 0 bridgehead atoms. The quantitative estimate of drug-likeness (QED) is 0.825. The summed E-state index contributed by atoms with van der Waals surface area (Å²) >= 11 is 0. The van der Waals surface area contributed by atoms with E-state index in [1.165, 1.54) is 5.06 Å². The topological polar surface area (TPSA) is 50.6 Å². The number of piperidine rings is 1. The number of imidazole rings is 1. The number of aryl methyl sites for hydroxylation is 1. The Labute approximate surface area is 119 Å². The highest BCUT2D eigenvalue weighted by Crippen LogP contribution is 2.36. The largest absolute Gasteiger partial charge is 0.337 e. The SMILES string of the molecule is CCN1OC2(CCN(Cc3nccn3C)CC2)CC1=O. The number of aromatic nitrogens is 2. The first kappa shape index (κ1) is 13.6. The molecule has 0 aromatic carbocycles. The standard InChI is InChI=1S/C14H22N4O2/c1-3-18-13(19)10-14(20-18)4-7-17(8-5-14)11-12-15-6-9-16(12)2/h6,9H,3-5,7-8,10-11H2,1-2H3. The first-order chi connectivity index (χ1) is 9.62. The molecule has 3 heterocycles. The predicted octanol–water partition coefficient (Wildman–Crippen LogP) is 0.938. The predicted molar refractivity (Wildman–Crippen MR) is 73.5 cm³/mol. The van der Waals surface area contributed by atoms with Crippen molar-refractivity contribution in [1.82, 2.24) is 19.5 Å². The maximum Gasteiger partial charge on any atom is 0.249 e. The molecule has 2 saturated heterocycles. The Morgan fingerprint density at radius 2 is 2.15 bits per heavy atom. The summed E-state index contributed by atoms with van der Waals surface area (Å²) in [5.74, 6) is 1.21. The van der Waals surface area contributed by atoms with Crippen LogP contribution in [-0.2, 0) is 23.2 Å². The minimum absolute atomic E-state index is 0.130. The molecular weight excluding hydrogens is 256 g/mol. The van der Waals surface area contributed by atoms with E-state index in [0.29, 0.717) is 13.0 Å². The summed E-state index contributed by atoms with van der Waals surface area (Å²) in [6, 6.07) is 0. The van der Waals surface area contributed by atoms with E-state index in [2.05, 4.69) is 14.5 Å². The zero-order chi connectivity index (χ0) is 14.2. The zero-order valence-electron chi connectivity index (χ0n) is 12.2. The summed E-state index contributed by atoms with van der Waals surface area (Å²) in [5.41, 5.74) is -0.245. The normalized spacial score (nSPS) is 22.9. The highest BCUT2D eigenvalue weighted by atomic mass is 16.7. The van der Waals surface area contributed by atoms with Gasteiger partial charge in [-0.3, -0.25) is 14.5 Å². The minimum Gasteiger partial charge on any atom is -0.337 e. The third kappa shape index (κ3) is 2.45. The van der Waals surface area contributed by atoms with E-state index in [1.807, 2.05) is 26.4 Å². The molecule has 2 fully saturated rings. The van der Waals surface area contributed by atoms with Crippen LogP contribution in [0.3, 0.4) is 0 Å². The Balaban J connectivity index is 1.57. The van der Waals surface area contributed by atoms with Crippen LogP contribution in [0.5, 0.6) is 0 Å². The second kappa shape index (κ2) is 5.18. The van der Waals surface area contributed by atoms with Crippen molar-refractivity contribution in [3.63, 3.8) is 0 Å². The van der Waals surface area contributed by atoms with Gasteiger partial charge < -0.3 is 4.57 Å². The fourth-order valence-electron chi connectivity index (χ4n) is 3.06. The Hall–Kier alpha value is -1.40. The number of likely N-dealkylation sites (tertiary alicyclic amines) is 1. The summed E-state index contributed by atoms with van der Waals surface area (Å²) in [6.45, 7) is 5.37. The number of hydrogen-bond donors (Lipinski definition) is 0. The van der Waals surface area contributed by atoms with Crippen molar-refractivity contribution >= 4 is 5.91 Å². The lowest BCUT2D eigenvalue weighted by atomic mass is 9.88. The maximum atomic E-state index is 11.8. The molecule has 2 aliphatic heterocycles. The van der Waals surface area contributed by atoms with Gasteiger partial charge in [0.05, 0.1) is 13.0 Å². The highest BCUT2D eigenvalue weighted by Gasteiger charge is 2.46. The van der Waals surface area contributed by atoms with E-state index in [-0.39, 0.29) is 11.5 Å². The van der Waals surface area contributed by atoms with E-state index in [4.69, 9.17) is 4.84 Å². The number of amides is 1. The molecule has 3 rings (SSSR count). The highest BCUT2D eigenvalue weighted by molar-refractivity contribution is 5.78. The molecule has 0 radical (unpaired) electrons. The first-order valence-electron chi connectivity index (χ1n) is 7.30. The molecule has 0 aliphatic carbocycles. The first-order valence-corrected chi connectivity index (χ1v) is 7.30. The van der Waals surface area contributed by atoms with Crippen LogP contribution in [0.4, 0.5) is 0 Å². The van der Waals surface area contributed by atoms with Gasteiger partial charge in [-0.2, -0.15) is 0 Å². The smallest absolute Gasteiger partial charge is 0.249 e. The van der Waals surface area contributed by atoms with Crippen LogP contribution in [-0.4, -0.2) is 50.7 Å². The number of carbonyl (C=O) groups is 1. The molecule has 6 nitrogen and oxygen atoms in total. The lowest BCUT2D eigenvalue weighted by Gasteiger charge is -2.37. The average molecular weight is 278 g/mol. The van der Waals surface area contributed by atoms with E-state index >= 15 is 0 Å². The van der Waals surface area contributed by atoms with Crippen LogP contribution in [0.1, 0.15) is 32.0 Å². The van der Waals surface area contributed by atoms with Gasteiger partial charge in [0.1, 0.15) is 11.4 Å². The molecular formula is C14H22N4O2. The third-order valence-electron chi connectivity index (χ3n) is 4.40. The summed E-state index contributed by atoms with van der Waals surface area (Å²) < 4.78 is 2.05. The summed E-state index contributed by atoms with van der Waals surface area (Å²) in [7, 11) is 2.02. The molecule has 1 aromatic heterocycles. The molecule has 110 valence electrons. The van der Waals surface area contributed by atoms with Crippen LogP contribution in [0.15, 0.2) is 12.4 Å². The summed E-state index contributed by atoms with van der Waals surface area (Å²) in [5, 5.41) is 1.52. The summed E-state index contributed by atoms with van der Waals surface area (Å²) in [4.78, 5) is 24.5. The van der Waals surface area contributed by atoms with Crippen LogP contribution in [0, 0.1) is 0 Å². The Bertz CT molecular complexity index is 491. The van der Waals surface area contributed by atoms with Gasteiger partial charge in [0.15, 0.2) is 0 Å². The molecule has 0 unspecified atom stereocenters. The van der Waals surface area contributed by atoms with Gasteiger partial charge >= 0.3 is 0 Å². The Morgan fingerprint density at radius 1 is 1.40 bits per heavy atom. The molecule has 1 amide bonds. The van der Waals surface area contributed by atoms with Crippen molar-refractivity contribution in [2.45, 2.75) is 38.3 Å². The van der Waals surface area contributed by atoms with Crippen LogP contribution in [0.2, 0.25) is 0 Å². The Kier molecular flexibility index (Phi) is 3.52. The molecule has 0 N–H and O–H groups in total. The number of carbonyl (C=O) groups excluding carboxylic acids is 1. The molecule has 20 heavy (non-hydrogen) atoms. The van der Waals surface area contributed by atoms with Gasteiger partial charge in [-0.15, -0.1) is 0 Å². The minimum atomic E-state index is -0.245. The molecule has 6 heteroatoms. The van der Waals surface area contributed by atoms with Crippen LogP contribution in [0.25, 0.3) is 0 Å². The lowest BCUT2D eigenvalue weighted by Crippen LogP contribution is -2.44. The van der Waals surface area contributed by atoms with Crippen molar-refractivity contribution in [3.05, 3.63) is 18.2 Å². The van der Waals surface area contributed by atoms with Gasteiger partial charge in [-0.25, -0.2) is 10.0 Å². The third-order valence-corrected chi connectivity index (χ3v) is 4.40. The zero-order valence-corrected chi connectivity index (χ0v) is 12.2. The molecule has 1 aromatic rings. The fraction of sp³-hybridized carbons (Fsp3) is 0.714. The van der Waals surface area contributed by atoms with Crippen LogP contribution >= 0.6 is 0 Å². The van der Waals surface area contributed by atoms with E-state index in [0.717, 1.165) is 38.3 Å². The fourth-order valence-corrected chi connectivity index (χ4v) is 3.06. The monoisotopic (exact) mass is 278 g/mol. The van der Waals surface area contributed by atoms with Crippen molar-refractivity contribution < 1.29 is 9.63 Å². The van der Waals surface area contributed by atoms with E-state index < -0.39 is 0 Å². The maximum absolute atomic E-state index is 11.8. The Morgan fingerprint density at radius 3 is 2.70 bits per heavy atom. The van der Waals surface area contributed by atoms with Crippen molar-refractivity contribution in [2.75, 3.05) is 19.6 Å². The number of hydroxylamine groups is 2. The van der Waals surface area contributed by atoms with Crippen LogP contribution < -0.4 is 0 Å². The van der Waals surface area contributed by atoms with Gasteiger partial charge in [-0.1, -0.05) is 0 Å². The second-order valence-electron chi connectivity index (χ2n) is 5.77. The summed E-state index contributed by atoms with van der Waals surface area (Å²) in [6.07, 6.45) is 6.17. The lowest BCUT2D eigenvalue weighted by molar-refractivity contribution is -0.208. The molecule has 2 aliphatic rings. The van der Waals surface area contributed by atoms with Gasteiger partial charge in [0.2, 0.25) is 5.91 Å². The number of hydrogen-bond acceptors (Lipinski definition) is 4. The van der Waals surface area contributed by atoms with Crippen molar-refractivity contribution in [1.29, 1.82) is 0 Å². The number of rotatable bonds is 3. The second-order valence-corrected chi connectivity index (χ2v) is 5.77.